The van der Waals surface area contributed by atoms with Crippen LogP contribution in [0.5, 0.6) is 11.5 Å². The number of ether oxygens (including phenoxy) is 2. The molecule has 0 N–H and O–H groups in total. The molecule has 26 heavy (non-hydrogen) atoms. The summed E-state index contributed by atoms with van der Waals surface area (Å²) in [7, 11) is 1.63. The summed E-state index contributed by atoms with van der Waals surface area (Å²) in [6.07, 6.45) is 3.73. The normalized spacial score (nSPS) is 11.1. The van der Waals surface area contributed by atoms with Crippen molar-refractivity contribution in [2.24, 2.45) is 0 Å². The van der Waals surface area contributed by atoms with Gasteiger partial charge in [0.15, 0.2) is 5.75 Å². The third-order valence-corrected chi connectivity index (χ3v) is 4.69. The maximum absolute atomic E-state index is 11.4. The van der Waals surface area contributed by atoms with Crippen LogP contribution in [0.2, 0.25) is 0 Å². The zero-order chi connectivity index (χ0) is 18.7. The number of fused-ring (bicyclic) bond motifs is 1. The van der Waals surface area contributed by atoms with E-state index in [4.69, 9.17) is 9.47 Å². The second kappa shape index (κ2) is 8.01. The lowest BCUT2D eigenvalue weighted by atomic mass is 10.1. The summed E-state index contributed by atoms with van der Waals surface area (Å²) in [6.45, 7) is 1.37. The summed E-state index contributed by atoms with van der Waals surface area (Å²) in [5.41, 5.74) is 2.32. The molecule has 2 aromatic carbocycles. The van der Waals surface area contributed by atoms with E-state index in [1.54, 1.807) is 7.11 Å². The van der Waals surface area contributed by atoms with Gasteiger partial charge in [-0.25, -0.2) is 4.98 Å². The zero-order valence-electron chi connectivity index (χ0n) is 14.1. The zero-order valence-corrected chi connectivity index (χ0v) is 17.3. The van der Waals surface area contributed by atoms with E-state index in [1.807, 2.05) is 54.6 Å². The van der Waals surface area contributed by atoms with Crippen LogP contribution in [0.4, 0.5) is 0 Å². The Bertz CT molecular complexity index is 1020. The number of nitrogens with zero attached hydrogens (tertiary/aromatic N) is 1. The van der Waals surface area contributed by atoms with E-state index in [0.717, 1.165) is 32.4 Å². The Labute approximate surface area is 168 Å². The molecule has 6 heteroatoms. The molecule has 0 aliphatic carbocycles. The third kappa shape index (κ3) is 4.14. The molecular weight excluding hydrogens is 462 g/mol. The number of rotatable bonds is 4. The van der Waals surface area contributed by atoms with E-state index < -0.39 is 0 Å². The summed E-state index contributed by atoms with van der Waals surface area (Å²) >= 11 is 6.89. The van der Waals surface area contributed by atoms with E-state index in [9.17, 15) is 4.79 Å². The Hall–Kier alpha value is -2.18. The quantitative estimate of drug-likeness (QED) is 0.349. The molecule has 0 unspecified atom stereocenters. The lowest BCUT2D eigenvalue weighted by molar-refractivity contribution is -0.131. The molecule has 3 aromatic rings. The summed E-state index contributed by atoms with van der Waals surface area (Å²) in [5, 5.41) is 1.01. The molecule has 0 aliphatic rings. The molecule has 0 saturated carbocycles. The standard InChI is InChI=1S/C20H15Br2NO3/c1-12(24)26-20-14(10-15(21)11-17(20)22)7-9-16-8-6-13-4-3-5-18(25-2)19(13)23-16/h3-11H,1-2H3/b9-7+. The number of carbonyl (C=O) groups excluding carboxylic acids is 1. The Morgan fingerprint density at radius 3 is 2.65 bits per heavy atom. The predicted octanol–water partition coefficient (Wildman–Crippen LogP) is 5.86. The number of aromatic nitrogens is 1. The number of carbonyl (C=O) groups is 1. The molecule has 4 nitrogen and oxygen atoms in total. The van der Waals surface area contributed by atoms with Crippen molar-refractivity contribution in [1.29, 1.82) is 0 Å². The molecule has 0 bridgehead atoms. The first-order valence-corrected chi connectivity index (χ1v) is 9.36. The molecule has 3 rings (SSSR count). The summed E-state index contributed by atoms with van der Waals surface area (Å²) in [6, 6.07) is 13.4. The van der Waals surface area contributed by atoms with Gasteiger partial charge in [0.2, 0.25) is 0 Å². The van der Waals surface area contributed by atoms with E-state index in [1.165, 1.54) is 6.92 Å². The van der Waals surface area contributed by atoms with E-state index in [-0.39, 0.29) is 5.97 Å². The van der Waals surface area contributed by atoms with Gasteiger partial charge in [0.25, 0.3) is 0 Å². The maximum Gasteiger partial charge on any atom is 0.308 e. The highest BCUT2D eigenvalue weighted by Gasteiger charge is 2.11. The fraction of sp³-hybridized carbons (Fsp3) is 0.100. The van der Waals surface area contributed by atoms with Crippen LogP contribution in [0, 0.1) is 0 Å². The number of para-hydroxylation sites is 1. The Kier molecular flexibility index (Phi) is 5.74. The summed E-state index contributed by atoms with van der Waals surface area (Å²) in [4.78, 5) is 16.0. The lowest BCUT2D eigenvalue weighted by Crippen LogP contribution is -2.03. The van der Waals surface area contributed by atoms with Gasteiger partial charge in [-0.1, -0.05) is 34.1 Å². The molecule has 132 valence electrons. The first-order chi connectivity index (χ1) is 12.5. The van der Waals surface area contributed by atoms with Gasteiger partial charge in [0, 0.05) is 22.3 Å². The molecule has 0 amide bonds. The highest BCUT2D eigenvalue weighted by atomic mass is 79.9. The number of halogens is 2. The van der Waals surface area contributed by atoms with Crippen molar-refractivity contribution in [3.8, 4) is 11.5 Å². The van der Waals surface area contributed by atoms with Crippen molar-refractivity contribution in [3.63, 3.8) is 0 Å². The average Bonchev–Trinajstić information content (AvgIpc) is 2.61. The van der Waals surface area contributed by atoms with Crippen LogP contribution in [0.15, 0.2) is 51.4 Å². The smallest absolute Gasteiger partial charge is 0.308 e. The Balaban J connectivity index is 2.02. The molecule has 0 atom stereocenters. The van der Waals surface area contributed by atoms with Crippen LogP contribution >= 0.6 is 31.9 Å². The Morgan fingerprint density at radius 2 is 1.92 bits per heavy atom. The van der Waals surface area contributed by atoms with Gasteiger partial charge < -0.3 is 9.47 Å². The molecule has 0 fully saturated rings. The van der Waals surface area contributed by atoms with Crippen LogP contribution in [-0.2, 0) is 4.79 Å². The second-order valence-corrected chi connectivity index (χ2v) is 7.27. The minimum absolute atomic E-state index is 0.378. The minimum atomic E-state index is -0.378. The Morgan fingerprint density at radius 1 is 1.12 bits per heavy atom. The van der Waals surface area contributed by atoms with Gasteiger partial charge in [-0.3, -0.25) is 4.79 Å². The first-order valence-electron chi connectivity index (χ1n) is 7.77. The molecular formula is C20H15Br2NO3. The molecule has 0 radical (unpaired) electrons. The molecule has 1 heterocycles. The molecule has 0 spiro atoms. The van der Waals surface area contributed by atoms with Gasteiger partial charge in [-0.05, 0) is 52.3 Å². The van der Waals surface area contributed by atoms with Crippen molar-refractivity contribution >= 4 is 60.9 Å². The highest BCUT2D eigenvalue weighted by Crippen LogP contribution is 2.34. The van der Waals surface area contributed by atoms with E-state index >= 15 is 0 Å². The van der Waals surface area contributed by atoms with Crippen LogP contribution in [0.25, 0.3) is 23.1 Å². The van der Waals surface area contributed by atoms with E-state index in [0.29, 0.717) is 10.2 Å². The van der Waals surface area contributed by atoms with Crippen LogP contribution in [0.3, 0.4) is 0 Å². The maximum atomic E-state index is 11.4. The van der Waals surface area contributed by atoms with Gasteiger partial charge in [0.05, 0.1) is 17.3 Å². The second-order valence-electron chi connectivity index (χ2n) is 5.50. The number of hydrogen-bond acceptors (Lipinski definition) is 4. The average molecular weight is 477 g/mol. The molecule has 0 saturated heterocycles. The topological polar surface area (TPSA) is 48.4 Å². The van der Waals surface area contributed by atoms with Gasteiger partial charge in [-0.15, -0.1) is 0 Å². The van der Waals surface area contributed by atoms with Crippen LogP contribution in [-0.4, -0.2) is 18.1 Å². The lowest BCUT2D eigenvalue weighted by Gasteiger charge is -2.09. The summed E-state index contributed by atoms with van der Waals surface area (Å²) < 4.78 is 12.3. The van der Waals surface area contributed by atoms with Crippen molar-refractivity contribution < 1.29 is 14.3 Å². The number of benzene rings is 2. The van der Waals surface area contributed by atoms with Crippen LogP contribution in [0.1, 0.15) is 18.2 Å². The fourth-order valence-electron chi connectivity index (χ4n) is 2.52. The minimum Gasteiger partial charge on any atom is -0.494 e. The highest BCUT2D eigenvalue weighted by molar-refractivity contribution is 9.11. The third-order valence-electron chi connectivity index (χ3n) is 3.64. The van der Waals surface area contributed by atoms with Crippen molar-refractivity contribution in [1.82, 2.24) is 4.98 Å². The number of hydrogen-bond donors (Lipinski definition) is 0. The van der Waals surface area contributed by atoms with Crippen LogP contribution < -0.4 is 9.47 Å². The fourth-order valence-corrected chi connectivity index (χ4v) is 3.86. The number of pyridine rings is 1. The van der Waals surface area contributed by atoms with Gasteiger partial charge in [0.1, 0.15) is 11.3 Å². The van der Waals surface area contributed by atoms with Crippen molar-refractivity contribution in [2.75, 3.05) is 7.11 Å². The van der Waals surface area contributed by atoms with Gasteiger partial charge in [-0.2, -0.15) is 0 Å². The number of esters is 1. The molecule has 1 aromatic heterocycles. The largest absolute Gasteiger partial charge is 0.494 e. The van der Waals surface area contributed by atoms with Crippen molar-refractivity contribution in [3.05, 3.63) is 62.7 Å². The SMILES string of the molecule is COc1cccc2ccc(/C=C/c3cc(Br)cc(Br)c3OC(C)=O)nc12. The van der Waals surface area contributed by atoms with Gasteiger partial charge >= 0.3 is 5.97 Å². The summed E-state index contributed by atoms with van der Waals surface area (Å²) in [5.74, 6) is 0.815. The first kappa shape index (κ1) is 18.6. The predicted molar refractivity (Wildman–Crippen MR) is 110 cm³/mol. The van der Waals surface area contributed by atoms with Crippen molar-refractivity contribution in [2.45, 2.75) is 6.92 Å². The van der Waals surface area contributed by atoms with E-state index in [2.05, 4.69) is 36.8 Å². The number of methoxy groups -OCH3 is 1. The molecule has 0 aliphatic heterocycles. The monoisotopic (exact) mass is 475 g/mol.